The van der Waals surface area contributed by atoms with Crippen LogP contribution in [0.3, 0.4) is 0 Å². The van der Waals surface area contributed by atoms with E-state index < -0.39 is 15.8 Å². The number of halogens is 1. The Balaban J connectivity index is 1.37. The van der Waals surface area contributed by atoms with Gasteiger partial charge in [-0.25, -0.2) is 17.6 Å². The number of urea groups is 1. The summed E-state index contributed by atoms with van der Waals surface area (Å²) in [5, 5.41) is 5.67. The summed E-state index contributed by atoms with van der Waals surface area (Å²) in [6.45, 7) is 1.78. The number of carbonyl (C=O) groups is 1. The van der Waals surface area contributed by atoms with E-state index in [1.807, 2.05) is 24.3 Å². The Morgan fingerprint density at radius 1 is 1.13 bits per heavy atom. The van der Waals surface area contributed by atoms with Crippen molar-refractivity contribution in [2.45, 2.75) is 30.7 Å². The first-order valence-electron chi connectivity index (χ1n) is 10.3. The predicted molar refractivity (Wildman–Crippen MR) is 116 cm³/mol. The normalized spacial score (nSPS) is 15.4. The van der Waals surface area contributed by atoms with Crippen molar-refractivity contribution in [1.82, 2.24) is 14.9 Å². The molecule has 2 N–H and O–H groups in total. The molecule has 1 saturated heterocycles. The summed E-state index contributed by atoms with van der Waals surface area (Å²) in [7, 11) is -2.00. The average Bonchev–Trinajstić information content (AvgIpc) is 2.78. The highest BCUT2D eigenvalue weighted by Gasteiger charge is 2.29. The van der Waals surface area contributed by atoms with Crippen LogP contribution in [-0.2, 0) is 16.6 Å². The molecule has 2 amide bonds. The lowest BCUT2D eigenvalue weighted by molar-refractivity contribution is 0.235. The van der Waals surface area contributed by atoms with E-state index >= 15 is 0 Å². The van der Waals surface area contributed by atoms with E-state index in [0.29, 0.717) is 32.1 Å². The van der Waals surface area contributed by atoms with Gasteiger partial charge in [-0.2, -0.15) is 4.31 Å². The Hall–Kier alpha value is -2.65. The van der Waals surface area contributed by atoms with Gasteiger partial charge in [0, 0.05) is 26.2 Å². The Kier molecular flexibility index (Phi) is 7.86. The zero-order chi connectivity index (χ0) is 22.3. The second kappa shape index (κ2) is 10.6. The largest absolute Gasteiger partial charge is 0.497 e. The van der Waals surface area contributed by atoms with Crippen LogP contribution in [0.15, 0.2) is 53.4 Å². The number of methoxy groups -OCH3 is 1. The molecule has 1 aliphatic rings. The Morgan fingerprint density at radius 2 is 1.84 bits per heavy atom. The molecule has 0 saturated carbocycles. The molecule has 1 fully saturated rings. The lowest BCUT2D eigenvalue weighted by Gasteiger charge is -2.31. The molecule has 0 unspecified atom stereocenters. The highest BCUT2D eigenvalue weighted by atomic mass is 32.2. The number of benzene rings is 2. The topological polar surface area (TPSA) is 87.7 Å². The van der Waals surface area contributed by atoms with Crippen LogP contribution < -0.4 is 15.4 Å². The van der Waals surface area contributed by atoms with E-state index in [-0.39, 0.29) is 10.9 Å². The standard InChI is InChI=1S/C22H28FN3O4S/c1-30-20-4-2-3-18(15-20)16-25-22(27)24-12-9-17-10-13-26(14-11-17)31(28,29)21-7-5-19(23)6-8-21/h2-8,15,17H,9-14,16H2,1H3,(H2,24,25,27). The number of rotatable bonds is 8. The van der Waals surface area contributed by atoms with Crippen LogP contribution in [0.4, 0.5) is 9.18 Å². The van der Waals surface area contributed by atoms with E-state index in [9.17, 15) is 17.6 Å². The van der Waals surface area contributed by atoms with Crippen LogP contribution in [0.2, 0.25) is 0 Å². The molecule has 2 aromatic rings. The molecule has 31 heavy (non-hydrogen) atoms. The second-order valence-corrected chi connectivity index (χ2v) is 9.49. The van der Waals surface area contributed by atoms with Crippen molar-refractivity contribution < 1.29 is 22.3 Å². The fourth-order valence-corrected chi connectivity index (χ4v) is 5.08. The molecule has 2 aromatic carbocycles. The average molecular weight is 450 g/mol. The maximum absolute atomic E-state index is 13.1. The molecule has 7 nitrogen and oxygen atoms in total. The molecule has 1 heterocycles. The van der Waals surface area contributed by atoms with Crippen molar-refractivity contribution in [2.24, 2.45) is 5.92 Å². The molecular formula is C22H28FN3O4S. The maximum atomic E-state index is 13.1. The molecule has 0 bridgehead atoms. The van der Waals surface area contributed by atoms with Crippen LogP contribution in [-0.4, -0.2) is 45.5 Å². The number of nitrogens with zero attached hydrogens (tertiary/aromatic N) is 1. The highest BCUT2D eigenvalue weighted by molar-refractivity contribution is 7.89. The fourth-order valence-electron chi connectivity index (χ4n) is 3.61. The van der Waals surface area contributed by atoms with Crippen molar-refractivity contribution in [3.05, 3.63) is 59.9 Å². The third-order valence-corrected chi connectivity index (χ3v) is 7.36. The van der Waals surface area contributed by atoms with E-state index in [0.717, 1.165) is 42.7 Å². The van der Waals surface area contributed by atoms with Crippen LogP contribution in [0.25, 0.3) is 0 Å². The number of sulfonamides is 1. The Labute approximate surface area is 182 Å². The van der Waals surface area contributed by atoms with Gasteiger partial charge < -0.3 is 15.4 Å². The van der Waals surface area contributed by atoms with Crippen molar-refractivity contribution >= 4 is 16.1 Å². The summed E-state index contributed by atoms with van der Waals surface area (Å²) in [6, 6.07) is 12.2. The van der Waals surface area contributed by atoms with Gasteiger partial charge in [0.25, 0.3) is 0 Å². The molecule has 1 aliphatic heterocycles. The molecule has 168 valence electrons. The van der Waals surface area contributed by atoms with Crippen molar-refractivity contribution in [3.8, 4) is 5.75 Å². The second-order valence-electron chi connectivity index (χ2n) is 7.55. The summed E-state index contributed by atoms with van der Waals surface area (Å²) in [4.78, 5) is 12.1. The predicted octanol–water partition coefficient (Wildman–Crippen LogP) is 3.12. The van der Waals surface area contributed by atoms with Crippen molar-refractivity contribution in [1.29, 1.82) is 0 Å². The molecule has 3 rings (SSSR count). The summed E-state index contributed by atoms with van der Waals surface area (Å²) in [6.07, 6.45) is 2.25. The quantitative estimate of drug-likeness (QED) is 0.648. The molecule has 0 aliphatic carbocycles. The number of piperidine rings is 1. The van der Waals surface area contributed by atoms with Crippen LogP contribution >= 0.6 is 0 Å². The molecule has 0 atom stereocenters. The molecule has 0 radical (unpaired) electrons. The molecule has 0 spiro atoms. The third-order valence-electron chi connectivity index (χ3n) is 5.45. The Bertz CT molecular complexity index is 975. The van der Waals surface area contributed by atoms with Crippen LogP contribution in [0, 0.1) is 11.7 Å². The minimum absolute atomic E-state index is 0.113. The highest BCUT2D eigenvalue weighted by Crippen LogP contribution is 2.25. The number of ether oxygens (including phenoxy) is 1. The van der Waals surface area contributed by atoms with Gasteiger partial charge in [0.2, 0.25) is 10.0 Å². The van der Waals surface area contributed by atoms with Gasteiger partial charge in [0.1, 0.15) is 11.6 Å². The van der Waals surface area contributed by atoms with Gasteiger partial charge in [0.05, 0.1) is 12.0 Å². The first kappa shape index (κ1) is 23.0. The van der Waals surface area contributed by atoms with E-state index in [1.165, 1.54) is 16.4 Å². The monoisotopic (exact) mass is 449 g/mol. The first-order chi connectivity index (χ1) is 14.9. The lowest BCUT2D eigenvalue weighted by atomic mass is 9.95. The fraction of sp³-hybridized carbons (Fsp3) is 0.409. The van der Waals surface area contributed by atoms with E-state index in [4.69, 9.17) is 4.74 Å². The van der Waals surface area contributed by atoms with Gasteiger partial charge in [0.15, 0.2) is 0 Å². The SMILES string of the molecule is COc1cccc(CNC(=O)NCCC2CCN(S(=O)(=O)c3ccc(F)cc3)CC2)c1. The zero-order valence-electron chi connectivity index (χ0n) is 17.5. The van der Waals surface area contributed by atoms with Crippen molar-refractivity contribution in [2.75, 3.05) is 26.7 Å². The van der Waals surface area contributed by atoms with Gasteiger partial charge in [-0.15, -0.1) is 0 Å². The number of nitrogens with one attached hydrogen (secondary N) is 2. The van der Waals surface area contributed by atoms with Crippen LogP contribution in [0.5, 0.6) is 5.75 Å². The zero-order valence-corrected chi connectivity index (χ0v) is 18.3. The lowest BCUT2D eigenvalue weighted by Crippen LogP contribution is -2.40. The smallest absolute Gasteiger partial charge is 0.315 e. The molecule has 0 aromatic heterocycles. The van der Waals surface area contributed by atoms with E-state index in [1.54, 1.807) is 7.11 Å². The molecule has 9 heteroatoms. The minimum atomic E-state index is -3.60. The summed E-state index contributed by atoms with van der Waals surface area (Å²) in [5.74, 6) is 0.628. The number of hydrogen-bond donors (Lipinski definition) is 2. The van der Waals surface area contributed by atoms with Gasteiger partial charge >= 0.3 is 6.03 Å². The summed E-state index contributed by atoms with van der Waals surface area (Å²) >= 11 is 0. The molecular weight excluding hydrogens is 421 g/mol. The van der Waals surface area contributed by atoms with Crippen molar-refractivity contribution in [3.63, 3.8) is 0 Å². The third kappa shape index (κ3) is 6.41. The number of hydrogen-bond acceptors (Lipinski definition) is 4. The maximum Gasteiger partial charge on any atom is 0.315 e. The summed E-state index contributed by atoms with van der Waals surface area (Å²) in [5.41, 5.74) is 0.948. The van der Waals surface area contributed by atoms with E-state index in [2.05, 4.69) is 10.6 Å². The van der Waals surface area contributed by atoms with Crippen LogP contribution in [0.1, 0.15) is 24.8 Å². The first-order valence-corrected chi connectivity index (χ1v) is 11.7. The van der Waals surface area contributed by atoms with Gasteiger partial charge in [-0.1, -0.05) is 12.1 Å². The van der Waals surface area contributed by atoms with Gasteiger partial charge in [-0.05, 0) is 67.1 Å². The Morgan fingerprint density at radius 3 is 2.52 bits per heavy atom. The number of amides is 2. The summed E-state index contributed by atoms with van der Waals surface area (Å²) < 4.78 is 45.0. The van der Waals surface area contributed by atoms with Gasteiger partial charge in [-0.3, -0.25) is 0 Å². The minimum Gasteiger partial charge on any atom is -0.497 e. The number of carbonyl (C=O) groups excluding carboxylic acids is 1.